The molecule has 1 heterocycles. The van der Waals surface area contributed by atoms with E-state index in [-0.39, 0.29) is 24.2 Å². The normalized spacial score (nSPS) is 14.0. The summed E-state index contributed by atoms with van der Waals surface area (Å²) in [4.78, 5) is 25.7. The molecule has 2 N–H and O–H groups in total. The minimum Gasteiger partial charge on any atom is -0.492 e. The van der Waals surface area contributed by atoms with Crippen LogP contribution >= 0.6 is 0 Å². The van der Waals surface area contributed by atoms with Gasteiger partial charge in [0.15, 0.2) is 0 Å². The first-order valence-corrected chi connectivity index (χ1v) is 12.4. The summed E-state index contributed by atoms with van der Waals surface area (Å²) in [6, 6.07) is 11.1. The Bertz CT molecular complexity index is 1170. The van der Waals surface area contributed by atoms with Crippen molar-refractivity contribution in [1.82, 2.24) is 15.0 Å². The van der Waals surface area contributed by atoms with E-state index in [2.05, 4.69) is 20.9 Å². The van der Waals surface area contributed by atoms with Gasteiger partial charge in [0, 0.05) is 24.5 Å². The fourth-order valence-corrected chi connectivity index (χ4v) is 4.41. The van der Waals surface area contributed by atoms with Crippen LogP contribution in [0.1, 0.15) is 52.4 Å². The van der Waals surface area contributed by atoms with Gasteiger partial charge in [0.25, 0.3) is 0 Å². The van der Waals surface area contributed by atoms with Crippen molar-refractivity contribution in [3.8, 4) is 11.5 Å². The number of aryl methyl sites for hydroxylation is 1. The molecule has 4 rings (SSSR count). The Morgan fingerprint density at radius 2 is 1.63 bits per heavy atom. The topological polar surface area (TPSA) is 107 Å². The number of para-hydroxylation sites is 1. The Hall–Kier alpha value is -3.62. The highest BCUT2D eigenvalue weighted by atomic mass is 16.5. The lowest BCUT2D eigenvalue weighted by Crippen LogP contribution is -2.25. The number of nitrogens with one attached hydrogen (secondary N) is 2. The Labute approximate surface area is 205 Å². The summed E-state index contributed by atoms with van der Waals surface area (Å²) >= 11 is 0. The summed E-state index contributed by atoms with van der Waals surface area (Å²) in [6.07, 6.45) is 5.37. The maximum Gasteiger partial charge on any atom is 0.227 e. The van der Waals surface area contributed by atoms with Crippen molar-refractivity contribution < 1.29 is 19.1 Å². The molecule has 1 saturated carbocycles. The van der Waals surface area contributed by atoms with E-state index in [9.17, 15) is 9.59 Å². The molecule has 1 fully saturated rings. The van der Waals surface area contributed by atoms with E-state index in [0.29, 0.717) is 42.6 Å². The Balaban J connectivity index is 1.48. The molecule has 1 aliphatic rings. The first-order valence-electron chi connectivity index (χ1n) is 12.4. The maximum atomic E-state index is 12.9. The van der Waals surface area contributed by atoms with Gasteiger partial charge in [-0.2, -0.15) is 0 Å². The summed E-state index contributed by atoms with van der Waals surface area (Å²) in [5.41, 5.74) is 2.73. The Kier molecular flexibility index (Phi) is 8.18. The standard InChI is InChI=1S/C26H33N5O4/c1-3-34-23-17-21(28-26(33)18-10-6-5-7-11-18)24(35-4-2)16-20(23)27-25(32)14-15-31-22-13-9-8-12-19(22)29-30-31/h8-9,12-13,16-18H,3-7,10-11,14-15H2,1-2H3,(H,27,32)(H,28,33). The van der Waals surface area contributed by atoms with Crippen molar-refractivity contribution in [2.75, 3.05) is 23.8 Å². The fourth-order valence-electron chi connectivity index (χ4n) is 4.41. The number of fused-ring (bicyclic) bond motifs is 1. The Morgan fingerprint density at radius 1 is 0.971 bits per heavy atom. The smallest absolute Gasteiger partial charge is 0.227 e. The second kappa shape index (κ2) is 11.7. The third kappa shape index (κ3) is 6.09. The van der Waals surface area contributed by atoms with E-state index in [1.807, 2.05) is 38.1 Å². The molecule has 0 bridgehead atoms. The molecule has 0 spiro atoms. The van der Waals surface area contributed by atoms with E-state index < -0.39 is 0 Å². The van der Waals surface area contributed by atoms with E-state index >= 15 is 0 Å². The molecule has 9 nitrogen and oxygen atoms in total. The predicted molar refractivity (Wildman–Crippen MR) is 135 cm³/mol. The van der Waals surface area contributed by atoms with Gasteiger partial charge in [-0.25, -0.2) is 4.68 Å². The van der Waals surface area contributed by atoms with Crippen LogP contribution in [0.4, 0.5) is 11.4 Å². The lowest BCUT2D eigenvalue weighted by atomic mass is 9.88. The van der Waals surface area contributed by atoms with Crippen molar-refractivity contribution in [3.05, 3.63) is 36.4 Å². The SMILES string of the molecule is CCOc1cc(NC(=O)C2CCCCC2)c(OCC)cc1NC(=O)CCn1nnc2ccccc21. The molecule has 2 aromatic carbocycles. The number of ether oxygens (including phenoxy) is 2. The van der Waals surface area contributed by atoms with Crippen molar-refractivity contribution in [3.63, 3.8) is 0 Å². The monoisotopic (exact) mass is 479 g/mol. The summed E-state index contributed by atoms with van der Waals surface area (Å²) in [5.74, 6) is 0.810. The van der Waals surface area contributed by atoms with Gasteiger partial charge in [-0.1, -0.05) is 36.6 Å². The number of aromatic nitrogens is 3. The van der Waals surface area contributed by atoms with Crippen LogP contribution < -0.4 is 20.1 Å². The number of amides is 2. The highest BCUT2D eigenvalue weighted by Gasteiger charge is 2.23. The lowest BCUT2D eigenvalue weighted by molar-refractivity contribution is -0.120. The van der Waals surface area contributed by atoms with Gasteiger partial charge < -0.3 is 20.1 Å². The molecule has 0 unspecified atom stereocenters. The van der Waals surface area contributed by atoms with Crippen molar-refractivity contribution >= 4 is 34.2 Å². The minimum absolute atomic E-state index is 0.00458. The van der Waals surface area contributed by atoms with Crippen LogP contribution in [0.15, 0.2) is 36.4 Å². The summed E-state index contributed by atoms with van der Waals surface area (Å²) in [6.45, 7) is 4.98. The fraction of sp³-hybridized carbons (Fsp3) is 0.462. The van der Waals surface area contributed by atoms with Crippen LogP contribution in [-0.4, -0.2) is 40.0 Å². The average molecular weight is 480 g/mol. The number of benzene rings is 2. The van der Waals surface area contributed by atoms with Crippen molar-refractivity contribution in [2.24, 2.45) is 5.92 Å². The van der Waals surface area contributed by atoms with Crippen LogP contribution in [0.5, 0.6) is 11.5 Å². The predicted octanol–water partition coefficient (Wildman–Crippen LogP) is 4.78. The first kappa shape index (κ1) is 24.5. The number of anilines is 2. The third-order valence-corrected chi connectivity index (χ3v) is 6.16. The zero-order valence-electron chi connectivity index (χ0n) is 20.4. The first-order chi connectivity index (χ1) is 17.1. The molecule has 0 aliphatic heterocycles. The number of rotatable bonds is 10. The van der Waals surface area contributed by atoms with Crippen LogP contribution in [-0.2, 0) is 16.1 Å². The largest absolute Gasteiger partial charge is 0.492 e. The number of carbonyl (C=O) groups is 2. The van der Waals surface area contributed by atoms with Crippen LogP contribution in [0.25, 0.3) is 11.0 Å². The zero-order chi connectivity index (χ0) is 24.6. The number of nitrogens with zero attached hydrogens (tertiary/aromatic N) is 3. The average Bonchev–Trinajstić information content (AvgIpc) is 3.29. The van der Waals surface area contributed by atoms with E-state index in [4.69, 9.17) is 9.47 Å². The molecule has 186 valence electrons. The highest BCUT2D eigenvalue weighted by Crippen LogP contribution is 2.38. The molecule has 0 saturated heterocycles. The quantitative estimate of drug-likeness (QED) is 0.433. The number of hydrogen-bond donors (Lipinski definition) is 2. The Morgan fingerprint density at radius 3 is 2.31 bits per heavy atom. The van der Waals surface area contributed by atoms with Gasteiger partial charge in [-0.3, -0.25) is 9.59 Å². The zero-order valence-corrected chi connectivity index (χ0v) is 20.4. The van der Waals surface area contributed by atoms with Crippen LogP contribution in [0.3, 0.4) is 0 Å². The van der Waals surface area contributed by atoms with Gasteiger partial charge in [-0.05, 0) is 38.8 Å². The summed E-state index contributed by atoms with van der Waals surface area (Å²) in [5, 5.41) is 14.2. The molecule has 35 heavy (non-hydrogen) atoms. The minimum atomic E-state index is -0.188. The van der Waals surface area contributed by atoms with Crippen LogP contribution in [0.2, 0.25) is 0 Å². The molecule has 3 aromatic rings. The molecule has 9 heteroatoms. The third-order valence-electron chi connectivity index (χ3n) is 6.16. The van der Waals surface area contributed by atoms with Crippen molar-refractivity contribution in [1.29, 1.82) is 0 Å². The number of hydrogen-bond acceptors (Lipinski definition) is 6. The molecule has 0 atom stereocenters. The lowest BCUT2D eigenvalue weighted by Gasteiger charge is -2.22. The van der Waals surface area contributed by atoms with E-state index in [1.165, 1.54) is 6.42 Å². The van der Waals surface area contributed by atoms with E-state index in [1.54, 1.807) is 16.8 Å². The van der Waals surface area contributed by atoms with Gasteiger partial charge >= 0.3 is 0 Å². The second-order valence-electron chi connectivity index (χ2n) is 8.63. The van der Waals surface area contributed by atoms with Crippen molar-refractivity contribution in [2.45, 2.75) is 58.9 Å². The molecular weight excluding hydrogens is 446 g/mol. The van der Waals surface area contributed by atoms with Gasteiger partial charge in [0.2, 0.25) is 11.8 Å². The maximum absolute atomic E-state index is 12.9. The summed E-state index contributed by atoms with van der Waals surface area (Å²) < 4.78 is 13.3. The molecule has 2 amide bonds. The second-order valence-corrected chi connectivity index (χ2v) is 8.63. The van der Waals surface area contributed by atoms with Gasteiger partial charge in [0.05, 0.1) is 36.6 Å². The highest BCUT2D eigenvalue weighted by molar-refractivity contribution is 5.97. The van der Waals surface area contributed by atoms with Gasteiger partial charge in [0.1, 0.15) is 17.0 Å². The molecule has 1 aliphatic carbocycles. The van der Waals surface area contributed by atoms with Crippen LogP contribution in [0, 0.1) is 5.92 Å². The summed E-state index contributed by atoms with van der Waals surface area (Å²) in [7, 11) is 0. The van der Waals surface area contributed by atoms with Gasteiger partial charge in [-0.15, -0.1) is 5.10 Å². The molecular formula is C26H33N5O4. The molecule has 0 radical (unpaired) electrons. The number of carbonyl (C=O) groups excluding carboxylic acids is 2. The molecule has 1 aromatic heterocycles. The van der Waals surface area contributed by atoms with E-state index in [0.717, 1.165) is 36.7 Å².